The number of carbonyl (C=O) groups excluding carboxylic acids is 1. The zero-order valence-electron chi connectivity index (χ0n) is 11.3. The first-order chi connectivity index (χ1) is 7.74. The highest BCUT2D eigenvalue weighted by molar-refractivity contribution is 5.68. The van der Waals surface area contributed by atoms with Crippen LogP contribution in [0.5, 0.6) is 0 Å². The number of ether oxygens (including phenoxy) is 1. The molecule has 2 nitrogen and oxygen atoms in total. The van der Waals surface area contributed by atoms with Crippen molar-refractivity contribution >= 4 is 5.97 Å². The van der Waals surface area contributed by atoms with Gasteiger partial charge in [-0.2, -0.15) is 0 Å². The summed E-state index contributed by atoms with van der Waals surface area (Å²) in [4.78, 5) is 11.0. The Kier molecular flexibility index (Phi) is 10.6. The lowest BCUT2D eigenvalue weighted by Gasteiger charge is -2.15. The second-order valence-electron chi connectivity index (χ2n) is 4.51. The van der Waals surface area contributed by atoms with Crippen LogP contribution in [-0.2, 0) is 9.53 Å². The fourth-order valence-corrected chi connectivity index (χ4v) is 1.97. The van der Waals surface area contributed by atoms with Crippen molar-refractivity contribution in [3.05, 3.63) is 0 Å². The Morgan fingerprint density at radius 1 is 1.00 bits per heavy atom. The molecule has 0 saturated carbocycles. The van der Waals surface area contributed by atoms with Crippen LogP contribution in [0, 0.1) is 5.92 Å². The van der Waals surface area contributed by atoms with E-state index in [4.69, 9.17) is 4.74 Å². The molecule has 0 aliphatic heterocycles. The lowest BCUT2D eigenvalue weighted by Crippen LogP contribution is -2.09. The average molecular weight is 228 g/mol. The van der Waals surface area contributed by atoms with Crippen LogP contribution in [0.3, 0.4) is 0 Å². The molecule has 0 saturated heterocycles. The van der Waals surface area contributed by atoms with Gasteiger partial charge in [-0.15, -0.1) is 0 Å². The van der Waals surface area contributed by atoms with Gasteiger partial charge in [0.25, 0.3) is 0 Å². The highest BCUT2D eigenvalue weighted by Crippen LogP contribution is 2.19. The van der Waals surface area contributed by atoms with Crippen molar-refractivity contribution in [2.45, 2.75) is 72.1 Å². The van der Waals surface area contributed by atoms with Crippen molar-refractivity contribution < 1.29 is 9.53 Å². The first kappa shape index (κ1) is 15.5. The Balaban J connectivity index is 3.62. The molecule has 2 heteroatoms. The summed E-state index contributed by atoms with van der Waals surface area (Å²) in [7, 11) is 0. The number of hydrogen-bond donors (Lipinski definition) is 0. The van der Waals surface area contributed by atoms with Gasteiger partial charge in [0, 0.05) is 6.42 Å². The van der Waals surface area contributed by atoms with E-state index in [9.17, 15) is 4.79 Å². The average Bonchev–Trinajstić information content (AvgIpc) is 2.29. The summed E-state index contributed by atoms with van der Waals surface area (Å²) in [5, 5.41) is 0. The first-order valence-electron chi connectivity index (χ1n) is 6.90. The summed E-state index contributed by atoms with van der Waals surface area (Å²) in [5.74, 6) is 0.685. The predicted molar refractivity (Wildman–Crippen MR) is 68.4 cm³/mol. The van der Waals surface area contributed by atoms with E-state index in [0.717, 1.165) is 12.3 Å². The molecule has 16 heavy (non-hydrogen) atoms. The van der Waals surface area contributed by atoms with Gasteiger partial charge < -0.3 is 4.74 Å². The molecule has 1 unspecified atom stereocenters. The molecule has 0 N–H and O–H groups in total. The molecule has 0 aromatic rings. The van der Waals surface area contributed by atoms with Crippen LogP contribution in [-0.4, -0.2) is 12.6 Å². The van der Waals surface area contributed by atoms with Crippen LogP contribution in [0.4, 0.5) is 0 Å². The topological polar surface area (TPSA) is 26.3 Å². The quantitative estimate of drug-likeness (QED) is 0.411. The fraction of sp³-hybridized carbons (Fsp3) is 0.929. The van der Waals surface area contributed by atoms with Crippen molar-refractivity contribution in [3.8, 4) is 0 Å². The molecule has 0 aliphatic carbocycles. The van der Waals surface area contributed by atoms with Crippen molar-refractivity contribution in [1.29, 1.82) is 0 Å². The van der Waals surface area contributed by atoms with E-state index < -0.39 is 0 Å². The zero-order chi connectivity index (χ0) is 12.2. The highest BCUT2D eigenvalue weighted by atomic mass is 16.5. The van der Waals surface area contributed by atoms with E-state index in [1.807, 2.05) is 6.92 Å². The fourth-order valence-electron chi connectivity index (χ4n) is 1.97. The van der Waals surface area contributed by atoms with E-state index in [2.05, 4.69) is 13.8 Å². The Hall–Kier alpha value is -0.530. The van der Waals surface area contributed by atoms with Crippen molar-refractivity contribution in [1.82, 2.24) is 0 Å². The summed E-state index contributed by atoms with van der Waals surface area (Å²) < 4.78 is 5.14. The molecule has 1 atom stereocenters. The van der Waals surface area contributed by atoms with Gasteiger partial charge in [-0.25, -0.2) is 0 Å². The van der Waals surface area contributed by atoms with Crippen molar-refractivity contribution in [2.24, 2.45) is 5.92 Å². The molecule has 0 rings (SSSR count). The molecule has 0 heterocycles. The van der Waals surface area contributed by atoms with E-state index in [1.54, 1.807) is 0 Å². The van der Waals surface area contributed by atoms with E-state index in [1.165, 1.54) is 38.5 Å². The summed E-state index contributed by atoms with van der Waals surface area (Å²) >= 11 is 0. The van der Waals surface area contributed by atoms with Crippen LogP contribution in [0.25, 0.3) is 0 Å². The normalized spacial score (nSPS) is 12.4. The van der Waals surface area contributed by atoms with E-state index in [0.29, 0.717) is 13.0 Å². The third-order valence-electron chi connectivity index (χ3n) is 2.99. The van der Waals surface area contributed by atoms with E-state index >= 15 is 0 Å². The second kappa shape index (κ2) is 11.0. The lowest BCUT2D eigenvalue weighted by molar-refractivity contribution is -0.143. The number of carbonyl (C=O) groups is 1. The van der Waals surface area contributed by atoms with E-state index in [-0.39, 0.29) is 5.97 Å². The molecule has 0 bridgehead atoms. The third-order valence-corrected chi connectivity index (χ3v) is 2.99. The smallest absolute Gasteiger partial charge is 0.305 e. The lowest BCUT2D eigenvalue weighted by atomic mass is 9.94. The molecule has 96 valence electrons. The minimum absolute atomic E-state index is 0.0659. The summed E-state index contributed by atoms with van der Waals surface area (Å²) in [6, 6.07) is 0. The van der Waals surface area contributed by atoms with Crippen molar-refractivity contribution in [3.63, 3.8) is 0 Å². The molecule has 0 radical (unpaired) electrons. The Morgan fingerprint density at radius 3 is 2.31 bits per heavy atom. The van der Waals surface area contributed by atoms with Gasteiger partial charge in [0.15, 0.2) is 0 Å². The minimum atomic E-state index is -0.0659. The molecular formula is C14H28O2. The number of unbranched alkanes of at least 4 members (excludes halogenated alkanes) is 2. The van der Waals surface area contributed by atoms with Gasteiger partial charge in [-0.1, -0.05) is 59.3 Å². The molecule has 0 amide bonds. The highest BCUT2D eigenvalue weighted by Gasteiger charge is 2.08. The molecule has 0 fully saturated rings. The van der Waals surface area contributed by atoms with Crippen molar-refractivity contribution in [2.75, 3.05) is 6.61 Å². The summed E-state index contributed by atoms with van der Waals surface area (Å²) in [6.45, 7) is 6.92. The maximum Gasteiger partial charge on any atom is 0.305 e. The maximum atomic E-state index is 11.0. The third kappa shape index (κ3) is 8.75. The van der Waals surface area contributed by atoms with Gasteiger partial charge in [0.1, 0.15) is 0 Å². The monoisotopic (exact) mass is 228 g/mol. The molecule has 0 aromatic carbocycles. The second-order valence-corrected chi connectivity index (χ2v) is 4.51. The Morgan fingerprint density at radius 2 is 1.75 bits per heavy atom. The van der Waals surface area contributed by atoms with Crippen LogP contribution in [0.15, 0.2) is 0 Å². The molecular weight excluding hydrogens is 200 g/mol. The van der Waals surface area contributed by atoms with Gasteiger partial charge in [-0.3, -0.25) is 4.79 Å². The van der Waals surface area contributed by atoms with Crippen LogP contribution in [0.2, 0.25) is 0 Å². The summed E-state index contributed by atoms with van der Waals surface area (Å²) in [5.41, 5.74) is 0. The minimum Gasteiger partial charge on any atom is -0.466 e. The number of rotatable bonds is 10. The van der Waals surface area contributed by atoms with Gasteiger partial charge in [-0.05, 0) is 12.3 Å². The molecule has 0 spiro atoms. The maximum absolute atomic E-state index is 11.0. The standard InChI is InChI=1S/C14H28O2/c1-4-7-8-10-13(9-5-2)11-12-16-14(15)6-3/h13H,4-12H2,1-3H3. The van der Waals surface area contributed by atoms with Gasteiger partial charge >= 0.3 is 5.97 Å². The molecule has 0 aliphatic rings. The SMILES string of the molecule is CCCCCC(CCC)CCOC(=O)CC. The number of esters is 1. The molecule has 0 aromatic heterocycles. The van der Waals surface area contributed by atoms with Crippen LogP contribution in [0.1, 0.15) is 72.1 Å². The van der Waals surface area contributed by atoms with Crippen LogP contribution >= 0.6 is 0 Å². The first-order valence-corrected chi connectivity index (χ1v) is 6.90. The van der Waals surface area contributed by atoms with Gasteiger partial charge in [0.05, 0.1) is 6.61 Å². The zero-order valence-corrected chi connectivity index (χ0v) is 11.3. The summed E-state index contributed by atoms with van der Waals surface area (Å²) in [6.07, 6.45) is 9.27. The Bertz CT molecular complexity index is 166. The van der Waals surface area contributed by atoms with Gasteiger partial charge in [0.2, 0.25) is 0 Å². The van der Waals surface area contributed by atoms with Crippen LogP contribution < -0.4 is 0 Å². The Labute approximate surface area is 101 Å². The predicted octanol–water partition coefficient (Wildman–Crippen LogP) is 4.33. The largest absolute Gasteiger partial charge is 0.466 e. The number of hydrogen-bond acceptors (Lipinski definition) is 2.